The van der Waals surface area contributed by atoms with Crippen molar-refractivity contribution in [1.29, 1.82) is 0 Å². The van der Waals surface area contributed by atoms with Crippen LogP contribution in [0.4, 0.5) is 0 Å². The van der Waals surface area contributed by atoms with E-state index < -0.39 is 10.0 Å². The minimum atomic E-state index is -3.32. The van der Waals surface area contributed by atoms with Crippen molar-refractivity contribution in [2.45, 2.75) is 10.3 Å². The smallest absolute Gasteiger partial charge is 0.273 e. The van der Waals surface area contributed by atoms with Crippen LogP contribution in [-0.4, -0.2) is 36.9 Å². The Kier molecular flexibility index (Phi) is 3.10. The predicted molar refractivity (Wildman–Crippen MR) is 69.6 cm³/mol. The molecule has 3 heterocycles. The largest absolute Gasteiger partial charge is 0.464 e. The highest BCUT2D eigenvalue weighted by Crippen LogP contribution is 2.27. The quantitative estimate of drug-likeness (QED) is 0.862. The third kappa shape index (κ3) is 2.16. The Bertz CT molecular complexity index is 601. The Labute approximate surface area is 113 Å². The van der Waals surface area contributed by atoms with Gasteiger partial charge in [-0.05, 0) is 11.4 Å². The fourth-order valence-electron chi connectivity index (χ4n) is 1.62. The number of aromatic nitrogens is 1. The molecule has 0 aromatic carbocycles. The average Bonchev–Trinajstić information content (AvgIpc) is 2.95. The molecule has 5 nitrogen and oxygen atoms in total. The summed E-state index contributed by atoms with van der Waals surface area (Å²) in [6.07, 6.45) is 1.57. The summed E-state index contributed by atoms with van der Waals surface area (Å²) in [4.78, 5) is 4.01. The Morgan fingerprint density at radius 3 is 2.78 bits per heavy atom. The maximum atomic E-state index is 12.1. The van der Waals surface area contributed by atoms with Gasteiger partial charge in [-0.1, -0.05) is 17.4 Å². The van der Waals surface area contributed by atoms with Gasteiger partial charge in [0, 0.05) is 11.6 Å². The molecule has 0 amide bonds. The molecule has 2 aromatic rings. The highest BCUT2D eigenvalue weighted by Gasteiger charge is 2.38. The highest BCUT2D eigenvalue weighted by molar-refractivity contribution is 7.91. The lowest BCUT2D eigenvalue weighted by Crippen LogP contribution is -2.55. The van der Waals surface area contributed by atoms with E-state index in [-0.39, 0.29) is 6.10 Å². The van der Waals surface area contributed by atoms with Gasteiger partial charge in [0.1, 0.15) is 10.3 Å². The molecule has 8 heteroatoms. The number of thiazole rings is 1. The summed E-state index contributed by atoms with van der Waals surface area (Å²) in [5.74, 6) is 0. The Morgan fingerprint density at radius 1 is 1.33 bits per heavy atom. The van der Waals surface area contributed by atoms with Gasteiger partial charge in [-0.3, -0.25) is 0 Å². The summed E-state index contributed by atoms with van der Waals surface area (Å²) in [7, 11) is -3.32. The molecule has 3 rings (SSSR count). The zero-order valence-corrected chi connectivity index (χ0v) is 11.7. The molecule has 1 aliphatic rings. The standard InChI is InChI=1S/C10H10N2O3S3/c13-18(14,9-2-1-4-16-9)12-6-8(7-12)15-10-11-3-5-17-10/h1-5,8H,6-7H2. The van der Waals surface area contributed by atoms with Crippen molar-refractivity contribution in [3.63, 3.8) is 0 Å². The minimum absolute atomic E-state index is 0.0918. The summed E-state index contributed by atoms with van der Waals surface area (Å²) in [6.45, 7) is 0.777. The molecule has 0 radical (unpaired) electrons. The highest BCUT2D eigenvalue weighted by atomic mass is 32.2. The van der Waals surface area contributed by atoms with Crippen molar-refractivity contribution in [3.8, 4) is 5.19 Å². The first-order valence-corrected chi connectivity index (χ1v) is 8.46. The monoisotopic (exact) mass is 302 g/mol. The first-order chi connectivity index (χ1) is 8.66. The van der Waals surface area contributed by atoms with Gasteiger partial charge >= 0.3 is 0 Å². The SMILES string of the molecule is O=S(=O)(c1cccs1)N1CC(Oc2nccs2)C1. The van der Waals surface area contributed by atoms with Gasteiger partial charge in [-0.25, -0.2) is 13.4 Å². The molecular formula is C10H10N2O3S3. The number of hydrogen-bond acceptors (Lipinski definition) is 6. The second-order valence-electron chi connectivity index (χ2n) is 3.79. The van der Waals surface area contributed by atoms with Crippen LogP contribution >= 0.6 is 22.7 Å². The summed E-state index contributed by atoms with van der Waals surface area (Å²) in [6, 6.07) is 3.36. The number of thiophene rings is 1. The Morgan fingerprint density at radius 2 is 2.17 bits per heavy atom. The van der Waals surface area contributed by atoms with Crippen LogP contribution in [0.25, 0.3) is 0 Å². The van der Waals surface area contributed by atoms with E-state index in [1.54, 1.807) is 23.7 Å². The van der Waals surface area contributed by atoms with Crippen LogP contribution in [0.2, 0.25) is 0 Å². The predicted octanol–water partition coefficient (Wildman–Crippen LogP) is 1.66. The van der Waals surface area contributed by atoms with E-state index in [0.29, 0.717) is 22.5 Å². The normalized spacial score (nSPS) is 17.6. The van der Waals surface area contributed by atoms with E-state index in [1.807, 2.05) is 5.38 Å². The molecule has 2 aromatic heterocycles. The van der Waals surface area contributed by atoms with Crippen molar-refractivity contribution < 1.29 is 13.2 Å². The summed E-state index contributed by atoms with van der Waals surface area (Å²) in [5.41, 5.74) is 0. The Hall–Kier alpha value is -0.960. The first-order valence-electron chi connectivity index (χ1n) is 5.26. The summed E-state index contributed by atoms with van der Waals surface area (Å²) in [5, 5.41) is 4.18. The number of hydrogen-bond donors (Lipinski definition) is 0. The van der Waals surface area contributed by atoms with Crippen molar-refractivity contribution >= 4 is 32.7 Å². The molecule has 0 atom stereocenters. The van der Waals surface area contributed by atoms with Crippen molar-refractivity contribution in [2.75, 3.05) is 13.1 Å². The fourth-order valence-corrected chi connectivity index (χ4v) is 4.82. The summed E-state index contributed by atoms with van der Waals surface area (Å²) < 4.78 is 31.5. The fraction of sp³-hybridized carbons (Fsp3) is 0.300. The average molecular weight is 302 g/mol. The van der Waals surface area contributed by atoms with Gasteiger partial charge < -0.3 is 4.74 Å². The molecule has 96 valence electrons. The van der Waals surface area contributed by atoms with Crippen LogP contribution in [0.1, 0.15) is 0 Å². The van der Waals surface area contributed by atoms with Gasteiger partial charge in [0.05, 0.1) is 13.1 Å². The lowest BCUT2D eigenvalue weighted by molar-refractivity contribution is 0.0761. The van der Waals surface area contributed by atoms with Crippen molar-refractivity contribution in [2.24, 2.45) is 0 Å². The zero-order chi connectivity index (χ0) is 12.6. The molecule has 1 aliphatic heterocycles. The molecule has 18 heavy (non-hydrogen) atoms. The molecular weight excluding hydrogens is 292 g/mol. The van der Waals surface area contributed by atoms with E-state index in [0.717, 1.165) is 0 Å². The van der Waals surface area contributed by atoms with Crippen LogP contribution in [0, 0.1) is 0 Å². The molecule has 0 N–H and O–H groups in total. The molecule has 0 saturated carbocycles. The van der Waals surface area contributed by atoms with Gasteiger partial charge in [0.2, 0.25) is 0 Å². The third-order valence-corrected chi connectivity index (χ3v) is 6.45. The number of sulfonamides is 1. The molecule has 1 saturated heterocycles. The Balaban J connectivity index is 1.62. The van der Waals surface area contributed by atoms with E-state index >= 15 is 0 Å². The van der Waals surface area contributed by atoms with Gasteiger partial charge in [-0.15, -0.1) is 11.3 Å². The van der Waals surface area contributed by atoms with Crippen LogP contribution < -0.4 is 4.74 Å². The molecule has 0 unspecified atom stereocenters. The molecule has 1 fully saturated rings. The lowest BCUT2D eigenvalue weighted by atomic mass is 10.2. The maximum absolute atomic E-state index is 12.1. The van der Waals surface area contributed by atoms with Gasteiger partial charge in [-0.2, -0.15) is 4.31 Å². The second-order valence-corrected chi connectivity index (χ2v) is 7.76. The summed E-state index contributed by atoms with van der Waals surface area (Å²) >= 11 is 2.64. The number of ether oxygens (including phenoxy) is 1. The van der Waals surface area contributed by atoms with Crippen LogP contribution in [0.15, 0.2) is 33.3 Å². The molecule has 0 aliphatic carbocycles. The third-order valence-electron chi connectivity index (χ3n) is 2.58. The first kappa shape index (κ1) is 12.1. The zero-order valence-electron chi connectivity index (χ0n) is 9.22. The van der Waals surface area contributed by atoms with E-state index in [1.165, 1.54) is 27.0 Å². The number of rotatable bonds is 4. The van der Waals surface area contributed by atoms with E-state index in [2.05, 4.69) is 4.98 Å². The second kappa shape index (κ2) is 4.61. The van der Waals surface area contributed by atoms with E-state index in [9.17, 15) is 8.42 Å². The van der Waals surface area contributed by atoms with Gasteiger partial charge in [0.15, 0.2) is 0 Å². The van der Waals surface area contributed by atoms with Gasteiger partial charge in [0.25, 0.3) is 15.2 Å². The van der Waals surface area contributed by atoms with Crippen LogP contribution in [-0.2, 0) is 10.0 Å². The minimum Gasteiger partial charge on any atom is -0.464 e. The van der Waals surface area contributed by atoms with Crippen molar-refractivity contribution in [3.05, 3.63) is 29.1 Å². The van der Waals surface area contributed by atoms with Crippen molar-refractivity contribution in [1.82, 2.24) is 9.29 Å². The molecule has 0 bridgehead atoms. The van der Waals surface area contributed by atoms with Crippen LogP contribution in [0.5, 0.6) is 5.19 Å². The van der Waals surface area contributed by atoms with E-state index in [4.69, 9.17) is 4.74 Å². The topological polar surface area (TPSA) is 59.5 Å². The number of nitrogens with zero attached hydrogens (tertiary/aromatic N) is 2. The maximum Gasteiger partial charge on any atom is 0.273 e. The molecule has 0 spiro atoms. The lowest BCUT2D eigenvalue weighted by Gasteiger charge is -2.36. The van der Waals surface area contributed by atoms with Crippen LogP contribution in [0.3, 0.4) is 0 Å².